The summed E-state index contributed by atoms with van der Waals surface area (Å²) in [6.45, 7) is 7.31. The van der Waals surface area contributed by atoms with Crippen LogP contribution < -0.4 is 0 Å². The van der Waals surface area contributed by atoms with Crippen LogP contribution in [0.5, 0.6) is 0 Å². The summed E-state index contributed by atoms with van der Waals surface area (Å²) < 4.78 is 0. The summed E-state index contributed by atoms with van der Waals surface area (Å²) in [7, 11) is 0. The molecule has 1 nitrogen and oxygen atoms in total. The summed E-state index contributed by atoms with van der Waals surface area (Å²) in [5.41, 5.74) is 6.71. The van der Waals surface area contributed by atoms with Gasteiger partial charge in [-0.15, -0.1) is 0 Å². The van der Waals surface area contributed by atoms with Crippen LogP contribution in [-0.4, -0.2) is 4.98 Å². The Morgan fingerprint density at radius 2 is 1.96 bits per heavy atom. The third kappa shape index (κ3) is 2.32. The first-order chi connectivity index (χ1) is 12.6. The first-order valence-electron chi connectivity index (χ1n) is 10.6. The lowest BCUT2D eigenvalue weighted by atomic mass is 9.52. The maximum absolute atomic E-state index is 4.43. The van der Waals surface area contributed by atoms with Gasteiger partial charge in [0.2, 0.25) is 0 Å². The highest BCUT2D eigenvalue weighted by Crippen LogP contribution is 2.66. The SMILES string of the molecule is Cc1ccc2c(c1)[C@H](C)C[C@@H]1[C@@H]2CC[C@]2(C)[C@@H](c3cccnc3)CC[C@@H]12. The van der Waals surface area contributed by atoms with Crippen LogP contribution in [0, 0.1) is 24.2 Å². The number of pyridine rings is 1. The number of aryl methyl sites for hydroxylation is 1. The van der Waals surface area contributed by atoms with Crippen molar-refractivity contribution in [3.63, 3.8) is 0 Å². The van der Waals surface area contributed by atoms with Crippen LogP contribution in [0.25, 0.3) is 0 Å². The molecule has 2 saturated carbocycles. The lowest BCUT2D eigenvalue weighted by Gasteiger charge is -2.52. The average molecular weight is 346 g/mol. The van der Waals surface area contributed by atoms with Crippen molar-refractivity contribution in [2.75, 3.05) is 0 Å². The van der Waals surface area contributed by atoms with Crippen molar-refractivity contribution in [3.05, 3.63) is 65.0 Å². The molecule has 3 aliphatic rings. The molecule has 0 bridgehead atoms. The number of nitrogens with zero attached hydrogens (tertiary/aromatic N) is 1. The van der Waals surface area contributed by atoms with E-state index in [9.17, 15) is 0 Å². The number of aromatic nitrogens is 1. The Kier molecular flexibility index (Phi) is 3.78. The molecule has 3 aliphatic carbocycles. The van der Waals surface area contributed by atoms with Crippen LogP contribution in [0.2, 0.25) is 0 Å². The van der Waals surface area contributed by atoms with E-state index in [1.165, 1.54) is 43.2 Å². The van der Waals surface area contributed by atoms with Crippen molar-refractivity contribution >= 4 is 0 Å². The second kappa shape index (κ2) is 5.94. The van der Waals surface area contributed by atoms with Gasteiger partial charge in [0.1, 0.15) is 0 Å². The molecule has 0 saturated heterocycles. The Morgan fingerprint density at radius 3 is 2.77 bits per heavy atom. The van der Waals surface area contributed by atoms with Gasteiger partial charge in [0.25, 0.3) is 0 Å². The molecular weight excluding hydrogens is 314 g/mol. The molecule has 0 aliphatic heterocycles. The Labute approximate surface area is 158 Å². The topological polar surface area (TPSA) is 12.9 Å². The Morgan fingerprint density at radius 1 is 1.08 bits per heavy atom. The van der Waals surface area contributed by atoms with Gasteiger partial charge < -0.3 is 0 Å². The fraction of sp³-hybridized carbons (Fsp3) is 0.560. The maximum Gasteiger partial charge on any atom is 0.0302 e. The standard InChI is InChI=1S/C25H31N/c1-16-6-7-19-20-10-11-25(3)23(18-5-4-12-26-15-18)8-9-24(25)22(20)14-17(2)21(19)13-16/h4-7,12-13,15,17,20,22-24H,8-11,14H2,1-3H3/t17-,20-,22-,23-,24+,25-/m1/s1. The molecule has 1 aromatic heterocycles. The molecule has 0 amide bonds. The number of hydrogen-bond donors (Lipinski definition) is 0. The zero-order valence-corrected chi connectivity index (χ0v) is 16.4. The second-order valence-corrected chi connectivity index (χ2v) is 9.61. The zero-order chi connectivity index (χ0) is 17.9. The predicted octanol–water partition coefficient (Wildman–Crippen LogP) is 6.59. The molecule has 0 N–H and O–H groups in total. The van der Waals surface area contributed by atoms with E-state index in [0.717, 1.165) is 17.8 Å². The highest BCUT2D eigenvalue weighted by molar-refractivity contribution is 5.40. The van der Waals surface area contributed by atoms with Gasteiger partial charge >= 0.3 is 0 Å². The van der Waals surface area contributed by atoms with Gasteiger partial charge in [-0.05, 0) is 96.8 Å². The van der Waals surface area contributed by atoms with Gasteiger partial charge in [-0.25, -0.2) is 0 Å². The molecule has 0 radical (unpaired) electrons. The molecule has 0 spiro atoms. The third-order valence-corrected chi connectivity index (χ3v) is 8.32. The first-order valence-corrected chi connectivity index (χ1v) is 10.6. The summed E-state index contributed by atoms with van der Waals surface area (Å²) in [5.74, 6) is 3.97. The zero-order valence-electron chi connectivity index (χ0n) is 16.4. The van der Waals surface area contributed by atoms with E-state index in [1.54, 1.807) is 11.1 Å². The van der Waals surface area contributed by atoms with Crippen LogP contribution in [0.4, 0.5) is 0 Å². The summed E-state index contributed by atoms with van der Waals surface area (Å²) >= 11 is 0. The molecule has 1 aromatic carbocycles. The van der Waals surface area contributed by atoms with E-state index in [0.29, 0.717) is 17.3 Å². The summed E-state index contributed by atoms with van der Waals surface area (Å²) in [6.07, 6.45) is 10.9. The average Bonchev–Trinajstić information content (AvgIpc) is 3.00. The molecule has 136 valence electrons. The lowest BCUT2D eigenvalue weighted by Crippen LogP contribution is -2.42. The number of benzene rings is 1. The number of rotatable bonds is 1. The predicted molar refractivity (Wildman–Crippen MR) is 107 cm³/mol. The van der Waals surface area contributed by atoms with Crippen molar-refractivity contribution in [1.82, 2.24) is 4.98 Å². The van der Waals surface area contributed by atoms with Crippen molar-refractivity contribution in [1.29, 1.82) is 0 Å². The summed E-state index contributed by atoms with van der Waals surface area (Å²) in [4.78, 5) is 4.43. The summed E-state index contributed by atoms with van der Waals surface area (Å²) in [5, 5.41) is 0. The minimum atomic E-state index is 0.464. The van der Waals surface area contributed by atoms with Crippen molar-refractivity contribution < 1.29 is 0 Å². The smallest absolute Gasteiger partial charge is 0.0302 e. The van der Waals surface area contributed by atoms with E-state index in [2.05, 4.69) is 62.3 Å². The van der Waals surface area contributed by atoms with Gasteiger partial charge in [-0.3, -0.25) is 4.98 Å². The molecule has 26 heavy (non-hydrogen) atoms. The third-order valence-electron chi connectivity index (χ3n) is 8.32. The van der Waals surface area contributed by atoms with E-state index >= 15 is 0 Å². The molecule has 6 atom stereocenters. The van der Waals surface area contributed by atoms with Gasteiger partial charge in [-0.2, -0.15) is 0 Å². The largest absolute Gasteiger partial charge is 0.264 e. The van der Waals surface area contributed by atoms with Crippen LogP contribution in [0.15, 0.2) is 42.7 Å². The lowest BCUT2D eigenvalue weighted by molar-refractivity contribution is 0.0438. The number of hydrogen-bond acceptors (Lipinski definition) is 1. The van der Waals surface area contributed by atoms with Gasteiger partial charge in [0.15, 0.2) is 0 Å². The minimum Gasteiger partial charge on any atom is -0.264 e. The van der Waals surface area contributed by atoms with Crippen molar-refractivity contribution in [3.8, 4) is 0 Å². The van der Waals surface area contributed by atoms with Crippen LogP contribution in [0.3, 0.4) is 0 Å². The van der Waals surface area contributed by atoms with Crippen LogP contribution in [0.1, 0.15) is 86.0 Å². The van der Waals surface area contributed by atoms with E-state index < -0.39 is 0 Å². The normalized spacial score (nSPS) is 38.3. The quantitative estimate of drug-likeness (QED) is 0.568. The van der Waals surface area contributed by atoms with Crippen LogP contribution in [-0.2, 0) is 0 Å². The highest BCUT2D eigenvalue weighted by atomic mass is 14.6. The molecular formula is C25H31N. The van der Waals surface area contributed by atoms with E-state index in [-0.39, 0.29) is 0 Å². The minimum absolute atomic E-state index is 0.464. The molecule has 1 heterocycles. The van der Waals surface area contributed by atoms with Gasteiger partial charge in [0.05, 0.1) is 0 Å². The second-order valence-electron chi connectivity index (χ2n) is 9.61. The molecule has 0 unspecified atom stereocenters. The fourth-order valence-corrected chi connectivity index (χ4v) is 7.13. The highest BCUT2D eigenvalue weighted by Gasteiger charge is 2.55. The molecule has 2 aromatic rings. The molecule has 2 fully saturated rings. The Hall–Kier alpha value is -1.63. The van der Waals surface area contributed by atoms with E-state index in [4.69, 9.17) is 0 Å². The van der Waals surface area contributed by atoms with Crippen molar-refractivity contribution in [2.24, 2.45) is 17.3 Å². The Balaban J connectivity index is 1.51. The fourth-order valence-electron chi connectivity index (χ4n) is 7.13. The maximum atomic E-state index is 4.43. The summed E-state index contributed by atoms with van der Waals surface area (Å²) in [6, 6.07) is 11.7. The first kappa shape index (κ1) is 16.5. The Bertz CT molecular complexity index is 810. The van der Waals surface area contributed by atoms with Gasteiger partial charge in [0, 0.05) is 12.4 Å². The number of fused-ring (bicyclic) bond motifs is 5. The van der Waals surface area contributed by atoms with Crippen molar-refractivity contribution in [2.45, 2.75) is 70.6 Å². The molecule has 5 rings (SSSR count). The molecule has 1 heteroatoms. The van der Waals surface area contributed by atoms with E-state index in [1.807, 2.05) is 6.20 Å². The van der Waals surface area contributed by atoms with Crippen LogP contribution >= 0.6 is 0 Å². The monoisotopic (exact) mass is 345 g/mol. The van der Waals surface area contributed by atoms with Gasteiger partial charge in [-0.1, -0.05) is 43.7 Å².